The van der Waals surface area contributed by atoms with Crippen LogP contribution in [0.3, 0.4) is 0 Å². The Morgan fingerprint density at radius 2 is 2.14 bits per heavy atom. The summed E-state index contributed by atoms with van der Waals surface area (Å²) in [4.78, 5) is 3.46. The average Bonchev–Trinajstić information content (AvgIpc) is 1.35. The summed E-state index contributed by atoms with van der Waals surface area (Å²) in [7, 11) is 1.60. The van der Waals surface area contributed by atoms with Gasteiger partial charge in [-0.1, -0.05) is 6.92 Å². The molecule has 2 nitrogen and oxygen atoms in total. The average molecular weight is 321 g/mol. The molecule has 0 fully saturated rings. The summed E-state index contributed by atoms with van der Waals surface area (Å²) in [6, 6.07) is 0. The molecule has 0 rings (SSSR count). The third-order valence-electron chi connectivity index (χ3n) is 0.280. The maximum absolute atomic E-state index is 6.69. The van der Waals surface area contributed by atoms with Crippen LogP contribution in [0.2, 0.25) is 0 Å². The van der Waals surface area contributed by atoms with Crippen LogP contribution in [-0.4, -0.2) is 19.0 Å². The van der Waals surface area contributed by atoms with Gasteiger partial charge in [-0.2, -0.15) is 0 Å². The number of nitrogens with one attached hydrogen (secondary N) is 1. The minimum atomic E-state index is 0. The second-order valence-corrected chi connectivity index (χ2v) is 0.960. The second-order valence-electron chi connectivity index (χ2n) is 0.960. The van der Waals surface area contributed by atoms with Gasteiger partial charge in [-0.05, 0) is 7.05 Å². The first-order valence-electron chi connectivity index (χ1n) is 1.67. The van der Waals surface area contributed by atoms with E-state index in [1.54, 1.807) is 14.0 Å². The van der Waals surface area contributed by atoms with E-state index in [9.17, 15) is 0 Å². The molecular formula is C4H7N2U-. The van der Waals surface area contributed by atoms with Crippen LogP contribution < -0.4 is 0 Å². The SMILES string of the molecule is CN=[C-]C(C)=N.[U]. The van der Waals surface area contributed by atoms with Crippen LogP contribution in [0.15, 0.2) is 4.99 Å². The van der Waals surface area contributed by atoms with E-state index in [0.717, 1.165) is 0 Å². The Morgan fingerprint density at radius 1 is 1.71 bits per heavy atom. The number of hydrogen-bond acceptors (Lipinski definition) is 2. The van der Waals surface area contributed by atoms with Crippen LogP contribution in [0.25, 0.3) is 0 Å². The summed E-state index contributed by atoms with van der Waals surface area (Å²) >= 11 is 0. The molecule has 0 aromatic carbocycles. The molecule has 0 saturated heterocycles. The minimum absolute atomic E-state index is 0. The van der Waals surface area contributed by atoms with E-state index in [0.29, 0.717) is 5.71 Å². The van der Waals surface area contributed by atoms with Gasteiger partial charge >= 0.3 is 0 Å². The molecule has 0 aliphatic heterocycles. The van der Waals surface area contributed by atoms with Crippen LogP contribution in [0.4, 0.5) is 0 Å². The summed E-state index contributed by atoms with van der Waals surface area (Å²) in [6.45, 7) is 1.63. The third-order valence-corrected chi connectivity index (χ3v) is 0.280. The van der Waals surface area contributed by atoms with Crippen LogP contribution in [-0.2, 0) is 0 Å². The van der Waals surface area contributed by atoms with Gasteiger partial charge in [-0.3, -0.25) is 0 Å². The first-order chi connectivity index (χ1) is 2.77. The van der Waals surface area contributed by atoms with Gasteiger partial charge in [0.25, 0.3) is 0 Å². The van der Waals surface area contributed by atoms with Gasteiger partial charge in [0.15, 0.2) is 0 Å². The zero-order chi connectivity index (χ0) is 4.99. The molecule has 0 bridgehead atoms. The van der Waals surface area contributed by atoms with E-state index in [1.807, 2.05) is 0 Å². The number of hydrogen-bond donors (Lipinski definition) is 1. The summed E-state index contributed by atoms with van der Waals surface area (Å²) in [5.41, 5.74) is 0.373. The molecule has 0 aliphatic carbocycles. The van der Waals surface area contributed by atoms with Crippen molar-refractivity contribution in [3.8, 4) is 0 Å². The minimum Gasteiger partial charge on any atom is -0.500 e. The molecule has 7 heavy (non-hydrogen) atoms. The van der Waals surface area contributed by atoms with Crippen molar-refractivity contribution in [3.05, 3.63) is 0 Å². The van der Waals surface area contributed by atoms with E-state index in [-0.39, 0.29) is 31.1 Å². The molecule has 1 N–H and O–H groups in total. The van der Waals surface area contributed by atoms with E-state index < -0.39 is 0 Å². The standard InChI is InChI=1S/C4H7N2.U/c1-4(5)3-6-2;/h5H,1-2H3;/q-1;. The molecule has 0 amide bonds. The summed E-state index contributed by atoms with van der Waals surface area (Å²) in [5.74, 6) is 0. The first kappa shape index (κ1) is 10.4. The Balaban J connectivity index is 0. The van der Waals surface area contributed by atoms with Crippen molar-refractivity contribution in [2.24, 2.45) is 4.99 Å². The van der Waals surface area contributed by atoms with E-state index in [1.165, 1.54) is 0 Å². The number of nitrogens with zero attached hydrogens (tertiary/aromatic N) is 1. The fourth-order valence-electron chi connectivity index (χ4n) is 0.168. The topological polar surface area (TPSA) is 36.2 Å². The van der Waals surface area contributed by atoms with Crippen molar-refractivity contribution < 1.29 is 31.1 Å². The normalized spacial score (nSPS) is 8.29. The molecule has 0 heterocycles. The quantitative estimate of drug-likeness (QED) is 0.543. The number of aliphatic imine (C=N–C) groups is 1. The van der Waals surface area contributed by atoms with Crippen molar-refractivity contribution in [1.82, 2.24) is 0 Å². The Hall–Kier alpha value is 0.392. The van der Waals surface area contributed by atoms with Crippen molar-refractivity contribution in [2.75, 3.05) is 7.05 Å². The van der Waals surface area contributed by atoms with Gasteiger partial charge in [-0.15, -0.1) is 5.71 Å². The van der Waals surface area contributed by atoms with Gasteiger partial charge in [0.2, 0.25) is 0 Å². The second kappa shape index (κ2) is 6.39. The fourth-order valence-corrected chi connectivity index (χ4v) is 0.168. The van der Waals surface area contributed by atoms with Gasteiger partial charge in [-0.25, -0.2) is 0 Å². The molecule has 0 unspecified atom stereocenters. The molecule has 0 saturated carbocycles. The van der Waals surface area contributed by atoms with E-state index in [4.69, 9.17) is 5.41 Å². The number of rotatable bonds is 1. The monoisotopic (exact) mass is 321 g/mol. The van der Waals surface area contributed by atoms with Crippen LogP contribution >= 0.6 is 0 Å². The third kappa shape index (κ3) is 10.7. The molecule has 0 atom stereocenters. The van der Waals surface area contributed by atoms with Gasteiger partial charge in [0, 0.05) is 31.1 Å². The summed E-state index contributed by atoms with van der Waals surface area (Å²) in [5, 5.41) is 6.69. The van der Waals surface area contributed by atoms with Crippen molar-refractivity contribution in [1.29, 1.82) is 5.41 Å². The van der Waals surface area contributed by atoms with Gasteiger partial charge in [0.05, 0.1) is 0 Å². The largest absolute Gasteiger partial charge is 0.500 e. The molecule has 38 valence electrons. The maximum Gasteiger partial charge on any atom is 0 e. The van der Waals surface area contributed by atoms with E-state index in [2.05, 4.69) is 11.2 Å². The molecule has 0 spiro atoms. The smallest absolute Gasteiger partial charge is 0 e. The molecule has 0 radical (unpaired) electrons. The van der Waals surface area contributed by atoms with Crippen LogP contribution in [0, 0.1) is 36.5 Å². The Morgan fingerprint density at radius 3 is 2.14 bits per heavy atom. The maximum atomic E-state index is 6.69. The molecule has 0 aliphatic rings. The van der Waals surface area contributed by atoms with Crippen molar-refractivity contribution in [3.63, 3.8) is 0 Å². The van der Waals surface area contributed by atoms with Crippen LogP contribution in [0.1, 0.15) is 6.92 Å². The zero-order valence-electron chi connectivity index (χ0n) is 4.45. The van der Waals surface area contributed by atoms with Crippen molar-refractivity contribution >= 4 is 11.9 Å². The molecule has 0 aromatic rings. The first-order valence-corrected chi connectivity index (χ1v) is 1.67. The van der Waals surface area contributed by atoms with Crippen molar-refractivity contribution in [2.45, 2.75) is 6.92 Å². The summed E-state index contributed by atoms with van der Waals surface area (Å²) < 4.78 is 0. The van der Waals surface area contributed by atoms with Crippen LogP contribution in [0.5, 0.6) is 0 Å². The zero-order valence-corrected chi connectivity index (χ0v) is 8.61. The molecule has 3 heteroatoms. The Kier molecular flexibility index (Phi) is 9.49. The van der Waals surface area contributed by atoms with Gasteiger partial charge < -0.3 is 16.6 Å². The van der Waals surface area contributed by atoms with Gasteiger partial charge in [0.1, 0.15) is 0 Å². The predicted octanol–water partition coefficient (Wildman–Crippen LogP) is 0.604. The predicted molar refractivity (Wildman–Crippen MR) is 26.8 cm³/mol. The van der Waals surface area contributed by atoms with E-state index >= 15 is 0 Å². The Labute approximate surface area is 67.3 Å². The molecular weight excluding hydrogens is 314 g/mol. The molecule has 0 aromatic heterocycles. The fraction of sp³-hybridized carbons (Fsp3) is 0.500. The Bertz CT molecular complexity index is 77.8. The summed E-state index contributed by atoms with van der Waals surface area (Å²) in [6.07, 6.45) is 2.42.